The van der Waals surface area contributed by atoms with E-state index in [2.05, 4.69) is 0 Å². The van der Waals surface area contributed by atoms with Crippen molar-refractivity contribution in [3.8, 4) is 22.9 Å². The van der Waals surface area contributed by atoms with Crippen molar-refractivity contribution in [2.75, 3.05) is 13.4 Å². The second-order valence-corrected chi connectivity index (χ2v) is 9.50. The van der Waals surface area contributed by atoms with E-state index in [-0.39, 0.29) is 36.7 Å². The van der Waals surface area contributed by atoms with Gasteiger partial charge in [-0.1, -0.05) is 13.8 Å². The summed E-state index contributed by atoms with van der Waals surface area (Å²) in [7, 11) is 0. The highest BCUT2D eigenvalue weighted by molar-refractivity contribution is 5.91. The molecule has 9 heteroatoms. The van der Waals surface area contributed by atoms with Crippen molar-refractivity contribution in [1.82, 2.24) is 9.55 Å². The van der Waals surface area contributed by atoms with Gasteiger partial charge >= 0.3 is 5.97 Å². The van der Waals surface area contributed by atoms with E-state index in [1.54, 1.807) is 10.6 Å². The highest BCUT2D eigenvalue weighted by Gasteiger charge is 2.35. The number of nitrogens with zero attached hydrogens (tertiary/aromatic N) is 2. The van der Waals surface area contributed by atoms with Crippen molar-refractivity contribution >= 4 is 16.9 Å². The van der Waals surface area contributed by atoms with Crippen LogP contribution >= 0.6 is 0 Å². The standard InChI is InChI=1S/C24H22N2O7/c1-24(2,9-27)6-13-11-4-18-19(33-10-32-18)5-16(11)25-20-14(13)7-26-17(20)3-12-15(22(26)29)8-31-23(30)21(12)28/h3-5,21,27-28H,6-10H2,1-2H3/t21-/m0/s1. The Labute approximate surface area is 188 Å². The minimum atomic E-state index is -1.50. The van der Waals surface area contributed by atoms with Gasteiger partial charge in [0, 0.05) is 29.2 Å². The van der Waals surface area contributed by atoms with Gasteiger partial charge in [-0.05, 0) is 29.5 Å². The topological polar surface area (TPSA) is 120 Å². The number of hydrogen-bond donors (Lipinski definition) is 2. The summed E-state index contributed by atoms with van der Waals surface area (Å²) < 4.78 is 17.7. The maximum Gasteiger partial charge on any atom is 0.340 e. The Hall–Kier alpha value is -3.43. The summed E-state index contributed by atoms with van der Waals surface area (Å²) in [6.07, 6.45) is -0.949. The number of carbonyl (C=O) groups excluding carboxylic acids is 1. The number of pyridine rings is 2. The molecule has 6 rings (SSSR count). The van der Waals surface area contributed by atoms with E-state index in [0.29, 0.717) is 41.4 Å². The molecule has 0 amide bonds. The first kappa shape index (κ1) is 20.2. The van der Waals surface area contributed by atoms with Gasteiger partial charge in [-0.15, -0.1) is 0 Å². The van der Waals surface area contributed by atoms with Crippen LogP contribution in [-0.2, 0) is 29.1 Å². The number of rotatable bonds is 3. The van der Waals surface area contributed by atoms with Crippen molar-refractivity contribution in [3.63, 3.8) is 0 Å². The van der Waals surface area contributed by atoms with Crippen LogP contribution in [0.4, 0.5) is 0 Å². The number of esters is 1. The molecule has 5 heterocycles. The smallest absolute Gasteiger partial charge is 0.340 e. The molecule has 0 bridgehead atoms. The number of ether oxygens (including phenoxy) is 3. The normalized spacial score (nSPS) is 18.2. The van der Waals surface area contributed by atoms with E-state index in [0.717, 1.165) is 16.5 Å². The molecule has 0 fully saturated rings. The quantitative estimate of drug-likeness (QED) is 0.454. The predicted molar refractivity (Wildman–Crippen MR) is 116 cm³/mol. The first-order valence-corrected chi connectivity index (χ1v) is 10.7. The van der Waals surface area contributed by atoms with Gasteiger partial charge in [0.1, 0.15) is 6.61 Å². The van der Waals surface area contributed by atoms with Gasteiger partial charge in [-0.2, -0.15) is 0 Å². The fourth-order valence-electron chi connectivity index (χ4n) is 4.84. The monoisotopic (exact) mass is 450 g/mol. The fourth-order valence-corrected chi connectivity index (χ4v) is 4.84. The summed E-state index contributed by atoms with van der Waals surface area (Å²) in [5, 5.41) is 21.2. The Morgan fingerprint density at radius 2 is 1.88 bits per heavy atom. The number of aliphatic hydroxyl groups excluding tert-OH is 2. The number of cyclic esters (lactones) is 1. The second-order valence-electron chi connectivity index (χ2n) is 9.50. The van der Waals surface area contributed by atoms with Crippen molar-refractivity contribution in [1.29, 1.82) is 0 Å². The van der Waals surface area contributed by atoms with Gasteiger partial charge in [-0.3, -0.25) is 4.79 Å². The number of benzene rings is 1. The summed E-state index contributed by atoms with van der Waals surface area (Å²) in [5.41, 5.74) is 3.53. The van der Waals surface area contributed by atoms with Crippen molar-refractivity contribution < 1.29 is 29.2 Å². The van der Waals surface area contributed by atoms with Crippen LogP contribution in [0.1, 0.15) is 42.2 Å². The van der Waals surface area contributed by atoms with Crippen LogP contribution in [0.15, 0.2) is 23.0 Å². The lowest BCUT2D eigenvalue weighted by atomic mass is 9.83. The summed E-state index contributed by atoms with van der Waals surface area (Å²) >= 11 is 0. The molecule has 0 spiro atoms. The Kier molecular flexibility index (Phi) is 4.15. The lowest BCUT2D eigenvalue weighted by Crippen LogP contribution is -2.32. The highest BCUT2D eigenvalue weighted by atomic mass is 16.7. The average Bonchev–Trinajstić information content (AvgIpc) is 3.40. The number of fused-ring (bicyclic) bond motifs is 6. The molecule has 3 aliphatic rings. The highest BCUT2D eigenvalue weighted by Crippen LogP contribution is 2.43. The molecule has 33 heavy (non-hydrogen) atoms. The molecule has 3 aromatic rings. The minimum absolute atomic E-state index is 0.0109. The van der Waals surface area contributed by atoms with Gasteiger partial charge in [0.2, 0.25) is 6.79 Å². The Morgan fingerprint density at radius 1 is 1.12 bits per heavy atom. The average molecular weight is 450 g/mol. The molecule has 2 N–H and O–H groups in total. The van der Waals surface area contributed by atoms with Gasteiger partial charge < -0.3 is 29.0 Å². The maximum atomic E-state index is 13.3. The van der Waals surface area contributed by atoms with E-state index >= 15 is 0 Å². The maximum absolute atomic E-state index is 13.3. The molecule has 0 saturated heterocycles. The van der Waals surface area contributed by atoms with Crippen LogP contribution in [0, 0.1) is 5.41 Å². The zero-order valence-electron chi connectivity index (χ0n) is 18.2. The lowest BCUT2D eigenvalue weighted by Gasteiger charge is -2.24. The molecule has 170 valence electrons. The summed E-state index contributed by atoms with van der Waals surface area (Å²) in [5.74, 6) is 0.463. The van der Waals surface area contributed by atoms with Crippen molar-refractivity contribution in [2.45, 2.75) is 39.5 Å². The molecule has 1 aromatic carbocycles. The molecule has 9 nitrogen and oxygen atoms in total. The second kappa shape index (κ2) is 6.79. The molecular weight excluding hydrogens is 428 g/mol. The van der Waals surface area contributed by atoms with Gasteiger partial charge in [0.05, 0.1) is 29.0 Å². The van der Waals surface area contributed by atoms with Gasteiger partial charge in [0.25, 0.3) is 5.56 Å². The van der Waals surface area contributed by atoms with E-state index in [1.807, 2.05) is 26.0 Å². The van der Waals surface area contributed by atoms with Gasteiger partial charge in [0.15, 0.2) is 17.6 Å². The minimum Gasteiger partial charge on any atom is -0.458 e. The predicted octanol–water partition coefficient (Wildman–Crippen LogP) is 1.81. The molecule has 3 aliphatic heterocycles. The van der Waals surface area contributed by atoms with Crippen LogP contribution in [0.25, 0.3) is 22.3 Å². The van der Waals surface area contributed by atoms with Crippen molar-refractivity contribution in [2.24, 2.45) is 5.41 Å². The van der Waals surface area contributed by atoms with Crippen molar-refractivity contribution in [3.05, 3.63) is 50.8 Å². The number of hydrogen-bond acceptors (Lipinski definition) is 8. The largest absolute Gasteiger partial charge is 0.458 e. The van der Waals surface area contributed by atoms with Crippen LogP contribution in [-0.4, -0.2) is 39.1 Å². The van der Waals surface area contributed by atoms with E-state index < -0.39 is 17.5 Å². The zero-order valence-corrected chi connectivity index (χ0v) is 18.2. The third-order valence-corrected chi connectivity index (χ3v) is 6.65. The molecule has 0 aliphatic carbocycles. The van der Waals surface area contributed by atoms with Crippen LogP contribution < -0.4 is 15.0 Å². The molecule has 0 saturated carbocycles. The number of aliphatic hydroxyl groups is 2. The number of aromatic nitrogens is 2. The van der Waals surface area contributed by atoms with E-state index in [4.69, 9.17) is 19.2 Å². The SMILES string of the molecule is CC(C)(CO)Cc1c2c(nc3cc4c(cc13)OCO4)-c1cc3c(c(=O)n1C2)COC(=O)[C@H]3O. The fraction of sp³-hybridized carbons (Fsp3) is 0.375. The first-order valence-electron chi connectivity index (χ1n) is 10.7. The molecular formula is C24H22N2O7. The third kappa shape index (κ3) is 2.89. The lowest BCUT2D eigenvalue weighted by molar-refractivity contribution is -0.157. The Balaban J connectivity index is 1.63. The molecule has 2 aromatic heterocycles. The van der Waals surface area contributed by atoms with E-state index in [9.17, 15) is 19.8 Å². The van der Waals surface area contributed by atoms with Gasteiger partial charge in [-0.25, -0.2) is 9.78 Å². The summed E-state index contributed by atoms with van der Waals surface area (Å²) in [6.45, 7) is 4.22. The summed E-state index contributed by atoms with van der Waals surface area (Å²) in [6, 6.07) is 5.39. The molecule has 0 radical (unpaired) electrons. The summed E-state index contributed by atoms with van der Waals surface area (Å²) in [4.78, 5) is 30.1. The molecule has 0 unspecified atom stereocenters. The van der Waals surface area contributed by atoms with Crippen LogP contribution in [0.3, 0.4) is 0 Å². The Morgan fingerprint density at radius 3 is 2.64 bits per heavy atom. The van der Waals surface area contributed by atoms with Crippen LogP contribution in [0.2, 0.25) is 0 Å². The Bertz CT molecular complexity index is 1420. The zero-order chi connectivity index (χ0) is 23.1. The first-order chi connectivity index (χ1) is 15.8. The van der Waals surface area contributed by atoms with E-state index in [1.165, 1.54) is 0 Å². The third-order valence-electron chi connectivity index (χ3n) is 6.65. The number of carbonyl (C=O) groups is 1. The van der Waals surface area contributed by atoms with Crippen LogP contribution in [0.5, 0.6) is 11.5 Å². The molecule has 1 atom stereocenters.